The van der Waals surface area contributed by atoms with Gasteiger partial charge in [0.1, 0.15) is 0 Å². The number of aryl methyl sites for hydroxylation is 1. The number of halogens is 1. The molecule has 0 aliphatic heterocycles. The molecule has 0 aromatic carbocycles. The molecule has 0 saturated heterocycles. The Kier molecular flexibility index (Phi) is 4.27. The summed E-state index contributed by atoms with van der Waals surface area (Å²) in [5.41, 5.74) is 0.491. The molecule has 1 aromatic heterocycles. The molecule has 4 saturated carbocycles. The number of alkyl halides is 1. The monoisotopic (exact) mass is 360 g/mol. The Morgan fingerprint density at radius 2 is 2.12 bits per heavy atom. The molecule has 5 nitrogen and oxygen atoms in total. The standard InChI is InChI=1S/C19H25ClN4O/c20-19-9-14-6-15(10-19)8-18(7-14,13-19)17(25)23-16-11-22-24(12-16)5-3-1-2-4-21/h11-12,14-15H,1-3,5-10,13H2,(H,23,25). The van der Waals surface area contributed by atoms with Crippen molar-refractivity contribution >= 4 is 23.2 Å². The number of nitrogens with one attached hydrogen (secondary N) is 1. The van der Waals surface area contributed by atoms with Crippen LogP contribution in [0.15, 0.2) is 12.4 Å². The van der Waals surface area contributed by atoms with Crippen molar-refractivity contribution in [3.05, 3.63) is 12.4 Å². The molecule has 0 radical (unpaired) electrons. The van der Waals surface area contributed by atoms with Gasteiger partial charge in [-0.25, -0.2) is 0 Å². The molecule has 2 atom stereocenters. The number of anilines is 1. The highest BCUT2D eigenvalue weighted by molar-refractivity contribution is 6.24. The summed E-state index contributed by atoms with van der Waals surface area (Å²) in [6.07, 6.45) is 12.2. The maximum absolute atomic E-state index is 13.1. The Morgan fingerprint density at radius 3 is 2.80 bits per heavy atom. The molecule has 2 unspecified atom stereocenters. The van der Waals surface area contributed by atoms with Gasteiger partial charge < -0.3 is 5.32 Å². The zero-order valence-electron chi connectivity index (χ0n) is 14.5. The Balaban J connectivity index is 1.39. The van der Waals surface area contributed by atoms with Crippen molar-refractivity contribution in [1.82, 2.24) is 9.78 Å². The molecule has 0 spiro atoms. The molecule has 4 fully saturated rings. The van der Waals surface area contributed by atoms with E-state index in [1.54, 1.807) is 6.20 Å². The number of nitrogens with zero attached hydrogens (tertiary/aromatic N) is 3. The van der Waals surface area contributed by atoms with Gasteiger partial charge in [0.2, 0.25) is 5.91 Å². The van der Waals surface area contributed by atoms with Crippen molar-refractivity contribution in [1.29, 1.82) is 5.26 Å². The number of amides is 1. The number of aromatic nitrogens is 2. The van der Waals surface area contributed by atoms with Crippen molar-refractivity contribution in [2.24, 2.45) is 17.3 Å². The topological polar surface area (TPSA) is 70.7 Å². The molecule has 1 heterocycles. The van der Waals surface area contributed by atoms with Gasteiger partial charge in [-0.15, -0.1) is 11.6 Å². The van der Waals surface area contributed by atoms with Crippen LogP contribution in [0.4, 0.5) is 5.69 Å². The highest BCUT2D eigenvalue weighted by atomic mass is 35.5. The minimum Gasteiger partial charge on any atom is -0.323 e. The first kappa shape index (κ1) is 16.9. The zero-order chi connectivity index (χ0) is 17.5. The summed E-state index contributed by atoms with van der Waals surface area (Å²) < 4.78 is 1.84. The quantitative estimate of drug-likeness (QED) is 0.613. The van der Waals surface area contributed by atoms with Crippen LogP contribution < -0.4 is 5.32 Å². The van der Waals surface area contributed by atoms with Gasteiger partial charge >= 0.3 is 0 Å². The van der Waals surface area contributed by atoms with Crippen LogP contribution in [0.25, 0.3) is 0 Å². The van der Waals surface area contributed by atoms with Crippen molar-refractivity contribution in [3.8, 4) is 6.07 Å². The maximum Gasteiger partial charge on any atom is 0.230 e. The number of unbranched alkanes of at least 4 members (excludes halogenated alkanes) is 2. The average molecular weight is 361 g/mol. The molecule has 4 aliphatic carbocycles. The summed E-state index contributed by atoms with van der Waals surface area (Å²) in [5, 5.41) is 16.0. The van der Waals surface area contributed by atoms with E-state index in [0.29, 0.717) is 18.3 Å². The second-order valence-corrected chi connectivity index (χ2v) is 9.26. The van der Waals surface area contributed by atoms with E-state index in [4.69, 9.17) is 16.9 Å². The first-order chi connectivity index (χ1) is 12.0. The number of hydrogen-bond donors (Lipinski definition) is 1. The fourth-order valence-corrected chi connectivity index (χ4v) is 6.40. The lowest BCUT2D eigenvalue weighted by Crippen LogP contribution is -2.57. The Hall–Kier alpha value is -1.54. The van der Waals surface area contributed by atoms with E-state index in [9.17, 15) is 4.79 Å². The van der Waals surface area contributed by atoms with Crippen LogP contribution in [0, 0.1) is 28.6 Å². The minimum atomic E-state index is -0.277. The van der Waals surface area contributed by atoms with Gasteiger partial charge in [0.25, 0.3) is 0 Å². The molecule has 6 heteroatoms. The van der Waals surface area contributed by atoms with E-state index in [0.717, 1.165) is 57.2 Å². The van der Waals surface area contributed by atoms with Crippen LogP contribution in [0.3, 0.4) is 0 Å². The Bertz CT molecular complexity index is 693. The van der Waals surface area contributed by atoms with Crippen molar-refractivity contribution in [2.45, 2.75) is 69.2 Å². The average Bonchev–Trinajstić information content (AvgIpc) is 2.96. The number of hydrogen-bond acceptors (Lipinski definition) is 3. The number of carbonyl (C=O) groups excluding carboxylic acids is 1. The van der Waals surface area contributed by atoms with Crippen LogP contribution in [0.2, 0.25) is 0 Å². The van der Waals surface area contributed by atoms with Crippen molar-refractivity contribution < 1.29 is 4.79 Å². The Labute approximate surface area is 153 Å². The summed E-state index contributed by atoms with van der Waals surface area (Å²) in [7, 11) is 0. The minimum absolute atomic E-state index is 0.135. The van der Waals surface area contributed by atoms with E-state index < -0.39 is 0 Å². The van der Waals surface area contributed by atoms with Crippen LogP contribution >= 0.6 is 11.6 Å². The number of carbonyl (C=O) groups is 1. The van der Waals surface area contributed by atoms with E-state index >= 15 is 0 Å². The van der Waals surface area contributed by atoms with E-state index in [-0.39, 0.29) is 16.2 Å². The van der Waals surface area contributed by atoms with Gasteiger partial charge in [-0.2, -0.15) is 10.4 Å². The first-order valence-electron chi connectivity index (χ1n) is 9.40. The van der Waals surface area contributed by atoms with E-state index in [1.807, 2.05) is 10.9 Å². The van der Waals surface area contributed by atoms with Crippen LogP contribution in [0.5, 0.6) is 0 Å². The molecule has 4 bridgehead atoms. The van der Waals surface area contributed by atoms with Crippen LogP contribution in [0.1, 0.15) is 57.8 Å². The predicted octanol–water partition coefficient (Wildman–Crippen LogP) is 4.09. The third-order valence-electron chi connectivity index (χ3n) is 6.29. The lowest BCUT2D eigenvalue weighted by atomic mass is 9.49. The number of rotatable bonds is 6. The van der Waals surface area contributed by atoms with Gasteiger partial charge in [0, 0.05) is 24.0 Å². The molecule has 134 valence electrons. The lowest BCUT2D eigenvalue weighted by Gasteiger charge is -2.59. The molecular formula is C19H25ClN4O. The second kappa shape index (κ2) is 6.32. The third-order valence-corrected chi connectivity index (χ3v) is 6.73. The SMILES string of the molecule is N#CCCCCn1cc(NC(=O)C23CC4CC(CC(Cl)(C4)C2)C3)cn1. The summed E-state index contributed by atoms with van der Waals surface area (Å²) >= 11 is 6.84. The van der Waals surface area contributed by atoms with Crippen molar-refractivity contribution in [2.75, 3.05) is 5.32 Å². The molecule has 25 heavy (non-hydrogen) atoms. The normalized spacial score (nSPS) is 35.5. The molecule has 1 N–H and O–H groups in total. The van der Waals surface area contributed by atoms with Gasteiger partial charge in [0.05, 0.1) is 23.4 Å². The summed E-state index contributed by atoms with van der Waals surface area (Å²) in [6.45, 7) is 0.775. The summed E-state index contributed by atoms with van der Waals surface area (Å²) in [5.74, 6) is 1.37. The molecule has 1 amide bonds. The van der Waals surface area contributed by atoms with Gasteiger partial charge in [-0.05, 0) is 63.2 Å². The van der Waals surface area contributed by atoms with Crippen molar-refractivity contribution in [3.63, 3.8) is 0 Å². The van der Waals surface area contributed by atoms with Crippen LogP contribution in [-0.4, -0.2) is 20.6 Å². The first-order valence-corrected chi connectivity index (χ1v) is 9.78. The third kappa shape index (κ3) is 3.29. The van der Waals surface area contributed by atoms with Crippen LogP contribution in [-0.2, 0) is 11.3 Å². The lowest BCUT2D eigenvalue weighted by molar-refractivity contribution is -0.138. The summed E-state index contributed by atoms with van der Waals surface area (Å²) in [4.78, 5) is 12.9. The summed E-state index contributed by atoms with van der Waals surface area (Å²) in [6, 6.07) is 2.15. The van der Waals surface area contributed by atoms with E-state index in [2.05, 4.69) is 16.5 Å². The molecule has 5 rings (SSSR count). The largest absolute Gasteiger partial charge is 0.323 e. The molecular weight excluding hydrogens is 336 g/mol. The fourth-order valence-electron chi connectivity index (χ4n) is 5.71. The number of nitriles is 1. The Morgan fingerprint density at radius 1 is 1.36 bits per heavy atom. The van der Waals surface area contributed by atoms with Gasteiger partial charge in [0.15, 0.2) is 0 Å². The fraction of sp³-hybridized carbons (Fsp3) is 0.737. The highest BCUT2D eigenvalue weighted by Crippen LogP contribution is 2.64. The smallest absolute Gasteiger partial charge is 0.230 e. The predicted molar refractivity (Wildman–Crippen MR) is 96.0 cm³/mol. The zero-order valence-corrected chi connectivity index (χ0v) is 15.3. The highest BCUT2D eigenvalue weighted by Gasteiger charge is 2.60. The molecule has 1 aromatic rings. The van der Waals surface area contributed by atoms with E-state index in [1.165, 1.54) is 6.42 Å². The van der Waals surface area contributed by atoms with Gasteiger partial charge in [-0.1, -0.05) is 0 Å². The molecule has 4 aliphatic rings. The maximum atomic E-state index is 13.1. The van der Waals surface area contributed by atoms with Gasteiger partial charge in [-0.3, -0.25) is 9.48 Å². The second-order valence-electron chi connectivity index (χ2n) is 8.45.